The molecule has 0 spiro atoms. The van der Waals surface area contributed by atoms with Gasteiger partial charge in [0.2, 0.25) is 0 Å². The summed E-state index contributed by atoms with van der Waals surface area (Å²) in [4.78, 5) is 9.06. The van der Waals surface area contributed by atoms with Crippen LogP contribution in [0.4, 0.5) is 0 Å². The van der Waals surface area contributed by atoms with Crippen molar-refractivity contribution < 1.29 is 4.79 Å². The molecule has 0 radical (unpaired) electrons. The first-order valence-electron chi connectivity index (χ1n) is 2.91. The summed E-state index contributed by atoms with van der Waals surface area (Å²) in [7, 11) is 3.78. The lowest BCUT2D eigenvalue weighted by atomic mass is 10.8. The fourth-order valence-electron chi connectivity index (χ4n) is 0.231. The van der Waals surface area contributed by atoms with Gasteiger partial charge in [0.25, 0.3) is 0 Å². The van der Waals surface area contributed by atoms with E-state index in [1.54, 1.807) is 11.2 Å². The van der Waals surface area contributed by atoms with Gasteiger partial charge in [0.1, 0.15) is 6.29 Å². The molecule has 0 saturated carbocycles. The maximum Gasteiger partial charge on any atom is 0.142 e. The van der Waals surface area contributed by atoms with Crippen LogP contribution in [0.2, 0.25) is 0 Å². The van der Waals surface area contributed by atoms with Gasteiger partial charge >= 0.3 is 0 Å². The summed E-state index contributed by atoms with van der Waals surface area (Å²) >= 11 is 0. The van der Waals surface area contributed by atoms with E-state index in [0.717, 1.165) is 0 Å². The van der Waals surface area contributed by atoms with Crippen LogP contribution in [0.5, 0.6) is 0 Å². The highest BCUT2D eigenvalue weighted by Gasteiger charge is 1.66. The third kappa shape index (κ3) is 28.7. The summed E-state index contributed by atoms with van der Waals surface area (Å²) in [5.41, 5.74) is 0. The zero-order valence-corrected chi connectivity index (χ0v) is 6.74. The fraction of sp³-hybridized carbons (Fsp3) is 0.429. The van der Waals surface area contributed by atoms with Gasteiger partial charge in [-0.1, -0.05) is 6.58 Å². The van der Waals surface area contributed by atoms with Gasteiger partial charge in [0, 0.05) is 20.3 Å². The van der Waals surface area contributed by atoms with Gasteiger partial charge in [-0.25, -0.2) is 0 Å². The molecular formula is C7H14N2O. The van der Waals surface area contributed by atoms with Gasteiger partial charge in [-0.05, 0) is 13.0 Å². The van der Waals surface area contributed by atoms with Crippen LogP contribution in [0.1, 0.15) is 6.92 Å². The monoisotopic (exact) mass is 142 g/mol. The zero-order valence-electron chi connectivity index (χ0n) is 6.74. The lowest BCUT2D eigenvalue weighted by molar-refractivity contribution is -0.104. The third-order valence-electron chi connectivity index (χ3n) is 0.443. The molecule has 0 aromatic carbocycles. The molecular weight excluding hydrogens is 128 g/mol. The molecule has 0 amide bonds. The largest absolute Gasteiger partial charge is 0.304 e. The number of carbonyl (C=O) groups is 1. The van der Waals surface area contributed by atoms with Crippen LogP contribution in [-0.2, 0) is 4.79 Å². The van der Waals surface area contributed by atoms with Gasteiger partial charge in [-0.15, -0.1) is 0 Å². The Hall–Kier alpha value is -1.12. The standard InChI is InChI=1S/C4H10N2.C3H4O/c1-4-5-6(2)3;1-2-3-4/h4H,1-3H3;2-3H,1H2/b5-4+;. The van der Waals surface area contributed by atoms with Crippen molar-refractivity contribution in [3.05, 3.63) is 12.7 Å². The first-order chi connectivity index (χ1) is 4.68. The van der Waals surface area contributed by atoms with Gasteiger partial charge in [0.05, 0.1) is 0 Å². The smallest absolute Gasteiger partial charge is 0.142 e. The lowest BCUT2D eigenvalue weighted by Crippen LogP contribution is -2.00. The number of hydrazone groups is 1. The molecule has 0 saturated heterocycles. The van der Waals surface area contributed by atoms with E-state index in [4.69, 9.17) is 4.79 Å². The molecule has 0 fully saturated rings. The van der Waals surface area contributed by atoms with E-state index in [0.29, 0.717) is 6.29 Å². The maximum absolute atomic E-state index is 9.06. The Balaban J connectivity index is 0. The van der Waals surface area contributed by atoms with Crippen molar-refractivity contribution in [3.63, 3.8) is 0 Å². The topological polar surface area (TPSA) is 32.7 Å². The van der Waals surface area contributed by atoms with E-state index in [9.17, 15) is 0 Å². The van der Waals surface area contributed by atoms with E-state index < -0.39 is 0 Å². The third-order valence-corrected chi connectivity index (χ3v) is 0.443. The number of hydrogen-bond acceptors (Lipinski definition) is 3. The number of carbonyl (C=O) groups excluding carboxylic acids is 1. The first kappa shape index (κ1) is 11.6. The average Bonchev–Trinajstić information content (AvgIpc) is 1.89. The minimum atomic E-state index is 0.639. The van der Waals surface area contributed by atoms with E-state index in [2.05, 4.69) is 11.7 Å². The minimum absolute atomic E-state index is 0.639. The Kier molecular flexibility index (Phi) is 12.6. The molecule has 0 aliphatic carbocycles. The van der Waals surface area contributed by atoms with E-state index in [-0.39, 0.29) is 0 Å². The summed E-state index contributed by atoms with van der Waals surface area (Å²) < 4.78 is 0. The van der Waals surface area contributed by atoms with Crippen molar-refractivity contribution in [3.8, 4) is 0 Å². The molecule has 58 valence electrons. The summed E-state index contributed by atoms with van der Waals surface area (Å²) in [6.45, 7) is 5.00. The van der Waals surface area contributed by atoms with Crippen molar-refractivity contribution in [2.24, 2.45) is 5.10 Å². The Bertz CT molecular complexity index is 102. The minimum Gasteiger partial charge on any atom is -0.304 e. The first-order valence-corrected chi connectivity index (χ1v) is 2.91. The SMILES string of the molecule is C/C=N/N(C)C.C=CC=O. The molecule has 0 aliphatic heterocycles. The Morgan fingerprint density at radius 2 is 1.90 bits per heavy atom. The summed E-state index contributed by atoms with van der Waals surface area (Å²) in [5.74, 6) is 0. The lowest BCUT2D eigenvalue weighted by Gasteiger charge is -1.98. The van der Waals surface area contributed by atoms with E-state index in [1.165, 1.54) is 6.08 Å². The molecule has 0 unspecified atom stereocenters. The van der Waals surface area contributed by atoms with Crippen LogP contribution in [-0.4, -0.2) is 31.6 Å². The van der Waals surface area contributed by atoms with Crippen molar-refractivity contribution in [2.45, 2.75) is 6.92 Å². The van der Waals surface area contributed by atoms with E-state index >= 15 is 0 Å². The van der Waals surface area contributed by atoms with Gasteiger partial charge in [-0.2, -0.15) is 5.10 Å². The second kappa shape index (κ2) is 10.8. The zero-order chi connectivity index (χ0) is 8.41. The molecule has 0 atom stereocenters. The highest BCUT2D eigenvalue weighted by atomic mass is 16.1. The van der Waals surface area contributed by atoms with Crippen LogP contribution < -0.4 is 0 Å². The Morgan fingerprint density at radius 3 is 1.90 bits per heavy atom. The van der Waals surface area contributed by atoms with Gasteiger partial charge < -0.3 is 5.01 Å². The van der Waals surface area contributed by atoms with Crippen molar-refractivity contribution in [1.82, 2.24) is 5.01 Å². The number of rotatable bonds is 2. The molecule has 0 aromatic rings. The summed E-state index contributed by atoms with van der Waals surface area (Å²) in [6.07, 6.45) is 3.58. The predicted molar refractivity (Wildman–Crippen MR) is 44.1 cm³/mol. The second-order valence-electron chi connectivity index (χ2n) is 1.59. The fourth-order valence-corrected chi connectivity index (χ4v) is 0.231. The molecule has 0 N–H and O–H groups in total. The van der Waals surface area contributed by atoms with Crippen LogP contribution >= 0.6 is 0 Å². The normalized spacial score (nSPS) is 7.90. The predicted octanol–water partition coefficient (Wildman–Crippen LogP) is 0.925. The quantitative estimate of drug-likeness (QED) is 0.248. The highest BCUT2D eigenvalue weighted by Crippen LogP contribution is 1.67. The molecule has 0 aromatic heterocycles. The van der Waals surface area contributed by atoms with Crippen molar-refractivity contribution in [2.75, 3.05) is 14.1 Å². The summed E-state index contributed by atoms with van der Waals surface area (Å²) in [5, 5.41) is 5.58. The van der Waals surface area contributed by atoms with Gasteiger partial charge in [0.15, 0.2) is 0 Å². The van der Waals surface area contributed by atoms with Crippen LogP contribution in [0, 0.1) is 0 Å². The molecule has 0 rings (SSSR count). The van der Waals surface area contributed by atoms with Crippen LogP contribution in [0.25, 0.3) is 0 Å². The number of hydrogen-bond donors (Lipinski definition) is 0. The highest BCUT2D eigenvalue weighted by molar-refractivity contribution is 5.63. The maximum atomic E-state index is 9.06. The summed E-state index contributed by atoms with van der Waals surface area (Å²) in [6, 6.07) is 0. The number of allylic oxidation sites excluding steroid dienone is 1. The van der Waals surface area contributed by atoms with Gasteiger partial charge in [-0.3, -0.25) is 4.79 Å². The average molecular weight is 142 g/mol. The molecule has 3 nitrogen and oxygen atoms in total. The Morgan fingerprint density at radius 1 is 1.50 bits per heavy atom. The molecule has 0 aliphatic rings. The number of aldehydes is 1. The molecule has 10 heavy (non-hydrogen) atoms. The molecule has 3 heteroatoms. The van der Waals surface area contributed by atoms with Crippen LogP contribution in [0.15, 0.2) is 17.8 Å². The molecule has 0 heterocycles. The van der Waals surface area contributed by atoms with Crippen molar-refractivity contribution in [1.29, 1.82) is 0 Å². The second-order valence-corrected chi connectivity index (χ2v) is 1.59. The number of nitrogens with zero attached hydrogens (tertiary/aromatic N) is 2. The van der Waals surface area contributed by atoms with Crippen LogP contribution in [0.3, 0.4) is 0 Å². The molecule has 0 bridgehead atoms. The Labute approximate surface area is 62.0 Å². The van der Waals surface area contributed by atoms with Crippen molar-refractivity contribution >= 4 is 12.5 Å². The van der Waals surface area contributed by atoms with E-state index in [1.807, 2.05) is 21.0 Å².